The summed E-state index contributed by atoms with van der Waals surface area (Å²) in [5.41, 5.74) is 0. The van der Waals surface area contributed by atoms with Crippen LogP contribution in [0.3, 0.4) is 0 Å². The number of carbonyl (C=O) groups excluding carboxylic acids is 2. The molecule has 2 amide bonds. The van der Waals surface area contributed by atoms with E-state index in [-0.39, 0.29) is 11.8 Å². The van der Waals surface area contributed by atoms with Crippen LogP contribution in [0.1, 0.15) is 52.4 Å². The molecule has 0 aromatic heterocycles. The number of hydrogen-bond donors (Lipinski definition) is 0. The summed E-state index contributed by atoms with van der Waals surface area (Å²) in [6, 6.07) is 0. The van der Waals surface area contributed by atoms with Gasteiger partial charge in [-0.1, -0.05) is 32.6 Å². The molecular formula is C11H21NO3. The first kappa shape index (κ1) is 14.1. The smallest absolute Gasteiger partial charge is 0.253 e. The fourth-order valence-corrected chi connectivity index (χ4v) is 1.39. The maximum Gasteiger partial charge on any atom is 0.253 e. The Labute approximate surface area is 91.5 Å². The molecule has 0 spiro atoms. The fourth-order valence-electron chi connectivity index (χ4n) is 1.39. The molecule has 0 aliphatic carbocycles. The lowest BCUT2D eigenvalue weighted by Gasteiger charge is -2.15. The minimum absolute atomic E-state index is 0.249. The lowest BCUT2D eigenvalue weighted by molar-refractivity contribution is -0.185. The largest absolute Gasteiger partial charge is 0.272 e. The van der Waals surface area contributed by atoms with Gasteiger partial charge >= 0.3 is 0 Å². The summed E-state index contributed by atoms with van der Waals surface area (Å²) in [5, 5.41) is 0.819. The van der Waals surface area contributed by atoms with Gasteiger partial charge in [0.15, 0.2) is 0 Å². The molecule has 4 nitrogen and oxygen atoms in total. The lowest BCUT2D eigenvalue weighted by Crippen LogP contribution is -2.33. The topological polar surface area (TPSA) is 46.6 Å². The molecule has 88 valence electrons. The van der Waals surface area contributed by atoms with E-state index in [1.54, 1.807) is 0 Å². The Morgan fingerprint density at radius 2 is 1.73 bits per heavy atom. The first-order valence-electron chi connectivity index (χ1n) is 5.51. The van der Waals surface area contributed by atoms with E-state index in [9.17, 15) is 9.59 Å². The maximum atomic E-state index is 11.4. The Balaban J connectivity index is 3.67. The summed E-state index contributed by atoms with van der Waals surface area (Å²) in [5.74, 6) is -0.613. The van der Waals surface area contributed by atoms with Crippen molar-refractivity contribution in [3.8, 4) is 0 Å². The van der Waals surface area contributed by atoms with Gasteiger partial charge in [-0.2, -0.15) is 5.06 Å². The van der Waals surface area contributed by atoms with Gasteiger partial charge in [-0.05, 0) is 6.42 Å². The average molecular weight is 215 g/mol. The molecule has 0 unspecified atom stereocenters. The SMILES string of the molecule is CCCCCCCC(=O)N(OC)C(C)=O. The molecule has 0 aromatic rings. The summed E-state index contributed by atoms with van der Waals surface area (Å²) >= 11 is 0. The zero-order valence-electron chi connectivity index (χ0n) is 9.91. The molecular weight excluding hydrogens is 194 g/mol. The quantitative estimate of drug-likeness (QED) is 0.483. The molecule has 0 aliphatic heterocycles. The van der Waals surface area contributed by atoms with Crippen LogP contribution in [-0.2, 0) is 14.4 Å². The number of nitrogens with zero attached hydrogens (tertiary/aromatic N) is 1. The van der Waals surface area contributed by atoms with Gasteiger partial charge in [-0.25, -0.2) is 0 Å². The second-order valence-corrected chi connectivity index (χ2v) is 3.55. The van der Waals surface area contributed by atoms with E-state index in [1.165, 1.54) is 26.9 Å². The normalized spacial score (nSPS) is 10.1. The van der Waals surface area contributed by atoms with E-state index in [1.807, 2.05) is 0 Å². The van der Waals surface area contributed by atoms with E-state index in [0.29, 0.717) is 6.42 Å². The molecule has 4 heteroatoms. The van der Waals surface area contributed by atoms with Crippen LogP contribution >= 0.6 is 0 Å². The average Bonchev–Trinajstić information content (AvgIpc) is 2.18. The number of unbranched alkanes of at least 4 members (excludes halogenated alkanes) is 4. The molecule has 0 aliphatic rings. The monoisotopic (exact) mass is 215 g/mol. The van der Waals surface area contributed by atoms with Gasteiger partial charge in [-0.3, -0.25) is 14.4 Å². The van der Waals surface area contributed by atoms with Crippen LogP contribution in [0, 0.1) is 0 Å². The van der Waals surface area contributed by atoms with Crippen molar-refractivity contribution in [2.24, 2.45) is 0 Å². The zero-order chi connectivity index (χ0) is 11.7. The second-order valence-electron chi connectivity index (χ2n) is 3.55. The van der Waals surface area contributed by atoms with Crippen LogP contribution in [0.4, 0.5) is 0 Å². The molecule has 0 atom stereocenters. The third kappa shape index (κ3) is 6.23. The minimum atomic E-state index is -0.365. The zero-order valence-corrected chi connectivity index (χ0v) is 9.91. The van der Waals surface area contributed by atoms with Crippen molar-refractivity contribution < 1.29 is 14.4 Å². The first-order valence-corrected chi connectivity index (χ1v) is 5.51. The first-order chi connectivity index (χ1) is 7.13. The summed E-state index contributed by atoms with van der Waals surface area (Å²) in [4.78, 5) is 27.0. The minimum Gasteiger partial charge on any atom is -0.272 e. The lowest BCUT2D eigenvalue weighted by atomic mass is 10.1. The summed E-state index contributed by atoms with van der Waals surface area (Å²) < 4.78 is 0. The Morgan fingerprint density at radius 1 is 1.13 bits per heavy atom. The highest BCUT2D eigenvalue weighted by molar-refractivity contribution is 5.92. The highest BCUT2D eigenvalue weighted by atomic mass is 16.7. The van der Waals surface area contributed by atoms with Crippen molar-refractivity contribution in [1.29, 1.82) is 0 Å². The standard InChI is InChI=1S/C11H21NO3/c1-4-5-6-7-8-9-11(14)12(15-3)10(2)13/h4-9H2,1-3H3. The molecule has 0 bridgehead atoms. The molecule has 0 radical (unpaired) electrons. The summed E-state index contributed by atoms with van der Waals surface area (Å²) in [6.07, 6.45) is 5.79. The van der Waals surface area contributed by atoms with Gasteiger partial charge in [0.1, 0.15) is 0 Å². The van der Waals surface area contributed by atoms with Crippen LogP contribution in [0.15, 0.2) is 0 Å². The highest BCUT2D eigenvalue weighted by Gasteiger charge is 2.16. The van der Waals surface area contributed by atoms with E-state index in [4.69, 9.17) is 0 Å². The maximum absolute atomic E-state index is 11.4. The highest BCUT2D eigenvalue weighted by Crippen LogP contribution is 2.07. The van der Waals surface area contributed by atoms with Crippen molar-refractivity contribution in [2.45, 2.75) is 52.4 Å². The van der Waals surface area contributed by atoms with Crippen LogP contribution in [0.5, 0.6) is 0 Å². The number of rotatable bonds is 7. The van der Waals surface area contributed by atoms with Crippen molar-refractivity contribution >= 4 is 11.8 Å². The van der Waals surface area contributed by atoms with Crippen molar-refractivity contribution in [3.63, 3.8) is 0 Å². The Hall–Kier alpha value is -0.900. The fraction of sp³-hybridized carbons (Fsp3) is 0.818. The predicted octanol–water partition coefficient (Wildman–Crippen LogP) is 2.28. The van der Waals surface area contributed by atoms with Crippen LogP contribution in [0.25, 0.3) is 0 Å². The molecule has 0 saturated carbocycles. The third-order valence-electron chi connectivity index (χ3n) is 2.19. The van der Waals surface area contributed by atoms with Crippen LogP contribution < -0.4 is 0 Å². The number of carbonyl (C=O) groups is 2. The Morgan fingerprint density at radius 3 is 2.20 bits per heavy atom. The number of amides is 2. The van der Waals surface area contributed by atoms with Crippen molar-refractivity contribution in [2.75, 3.05) is 7.11 Å². The van der Waals surface area contributed by atoms with Crippen molar-refractivity contribution in [3.05, 3.63) is 0 Å². The molecule has 0 fully saturated rings. The van der Waals surface area contributed by atoms with Gasteiger partial charge < -0.3 is 0 Å². The predicted molar refractivity (Wildman–Crippen MR) is 57.9 cm³/mol. The summed E-state index contributed by atoms with van der Waals surface area (Å²) in [7, 11) is 1.33. The van der Waals surface area contributed by atoms with Crippen molar-refractivity contribution in [1.82, 2.24) is 5.06 Å². The third-order valence-corrected chi connectivity index (χ3v) is 2.19. The summed E-state index contributed by atoms with van der Waals surface area (Å²) in [6.45, 7) is 3.46. The van der Waals surface area contributed by atoms with Gasteiger partial charge in [0, 0.05) is 13.3 Å². The molecule has 15 heavy (non-hydrogen) atoms. The number of hydrogen-bond acceptors (Lipinski definition) is 3. The van der Waals surface area contributed by atoms with Gasteiger partial charge in [0.05, 0.1) is 7.11 Å². The van der Waals surface area contributed by atoms with Crippen LogP contribution in [0.2, 0.25) is 0 Å². The molecule has 0 rings (SSSR count). The molecule has 0 N–H and O–H groups in total. The van der Waals surface area contributed by atoms with E-state index in [2.05, 4.69) is 11.8 Å². The molecule has 0 aromatic carbocycles. The second kappa shape index (κ2) is 8.41. The number of imide groups is 1. The van der Waals surface area contributed by atoms with E-state index >= 15 is 0 Å². The van der Waals surface area contributed by atoms with Crippen LogP contribution in [-0.4, -0.2) is 24.0 Å². The Kier molecular flexibility index (Phi) is 7.91. The number of hydroxylamine groups is 2. The van der Waals surface area contributed by atoms with E-state index < -0.39 is 0 Å². The van der Waals surface area contributed by atoms with E-state index in [0.717, 1.165) is 24.3 Å². The van der Waals surface area contributed by atoms with Gasteiger partial charge in [-0.15, -0.1) is 0 Å². The Bertz CT molecular complexity index is 204. The molecule has 0 heterocycles. The van der Waals surface area contributed by atoms with Gasteiger partial charge in [0.2, 0.25) is 5.91 Å². The van der Waals surface area contributed by atoms with Gasteiger partial charge in [0.25, 0.3) is 5.91 Å². The molecule has 0 saturated heterocycles.